The molecule has 0 aliphatic carbocycles. The number of carbonyl (C=O) groups is 1. The Bertz CT molecular complexity index is 1130. The number of benzene rings is 2. The van der Waals surface area contributed by atoms with Crippen LogP contribution < -0.4 is 15.8 Å². The van der Waals surface area contributed by atoms with Crippen LogP contribution in [0.1, 0.15) is 17.7 Å². The van der Waals surface area contributed by atoms with Crippen molar-refractivity contribution in [2.75, 3.05) is 17.7 Å². The van der Waals surface area contributed by atoms with E-state index in [1.165, 1.54) is 34.4 Å². The van der Waals surface area contributed by atoms with Gasteiger partial charge >= 0.3 is 0 Å². The van der Waals surface area contributed by atoms with Gasteiger partial charge in [0.2, 0.25) is 11.0 Å². The lowest BCUT2D eigenvalue weighted by Gasteiger charge is -2.14. The number of nitrogens with one attached hydrogen (secondary N) is 1. The third kappa shape index (κ3) is 4.66. The normalized spacial score (nSPS) is 12.0. The largest absolute Gasteiger partial charge is 0.494 e. The van der Waals surface area contributed by atoms with Crippen molar-refractivity contribution in [2.45, 2.75) is 16.5 Å². The molecule has 1 atom stereocenters. The summed E-state index contributed by atoms with van der Waals surface area (Å²) >= 11 is 3.98. The van der Waals surface area contributed by atoms with Crippen LogP contribution in [-0.2, 0) is 4.79 Å². The summed E-state index contributed by atoms with van der Waals surface area (Å²) in [6.07, 6.45) is 0. The van der Waals surface area contributed by atoms with Gasteiger partial charge < -0.3 is 15.8 Å². The standard InChI is InChI=1S/C19H17N5O2S3/c1-2-26-12-8-9-13-14(10-12)27-18(21-13)22-16(25)15(11-6-4-3-5-7-11)28-19-24-23-17(20)29-19/h3-10,15H,2H2,1H3,(H2,20,23)(H,21,22,25)/t15-/m1/s1. The number of hydrogen-bond donors (Lipinski definition) is 2. The number of anilines is 2. The van der Waals surface area contributed by atoms with E-state index in [-0.39, 0.29) is 5.91 Å². The molecule has 0 saturated carbocycles. The molecular weight excluding hydrogens is 426 g/mol. The van der Waals surface area contributed by atoms with E-state index >= 15 is 0 Å². The summed E-state index contributed by atoms with van der Waals surface area (Å²) < 4.78 is 7.12. The smallest absolute Gasteiger partial charge is 0.244 e. The number of thiazole rings is 1. The van der Waals surface area contributed by atoms with Crippen LogP contribution in [0.2, 0.25) is 0 Å². The Morgan fingerprint density at radius 3 is 2.76 bits per heavy atom. The molecule has 4 aromatic rings. The summed E-state index contributed by atoms with van der Waals surface area (Å²) in [5.74, 6) is 0.604. The van der Waals surface area contributed by atoms with E-state index in [0.717, 1.165) is 21.5 Å². The Hall–Kier alpha value is -2.69. The molecule has 3 N–H and O–H groups in total. The number of ether oxygens (including phenoxy) is 1. The highest BCUT2D eigenvalue weighted by Gasteiger charge is 2.25. The van der Waals surface area contributed by atoms with E-state index in [1.807, 2.05) is 55.5 Å². The summed E-state index contributed by atoms with van der Waals surface area (Å²) in [7, 11) is 0. The van der Waals surface area contributed by atoms with Crippen molar-refractivity contribution in [3.05, 3.63) is 54.1 Å². The Balaban J connectivity index is 1.58. The van der Waals surface area contributed by atoms with E-state index in [2.05, 4.69) is 20.5 Å². The monoisotopic (exact) mass is 443 g/mol. The lowest BCUT2D eigenvalue weighted by Crippen LogP contribution is -2.18. The second-order valence-corrected chi connectivity index (χ2v) is 9.28. The molecule has 148 valence electrons. The minimum atomic E-state index is -0.505. The van der Waals surface area contributed by atoms with Crippen LogP contribution >= 0.6 is 34.4 Å². The number of carbonyl (C=O) groups excluding carboxylic acids is 1. The fourth-order valence-electron chi connectivity index (χ4n) is 2.66. The maximum absolute atomic E-state index is 13.1. The lowest BCUT2D eigenvalue weighted by atomic mass is 10.1. The van der Waals surface area contributed by atoms with Crippen LogP contribution in [0.15, 0.2) is 52.9 Å². The van der Waals surface area contributed by atoms with Gasteiger partial charge in [-0.2, -0.15) is 0 Å². The number of amides is 1. The highest BCUT2D eigenvalue weighted by atomic mass is 32.2. The van der Waals surface area contributed by atoms with Crippen molar-refractivity contribution >= 4 is 60.8 Å². The Morgan fingerprint density at radius 1 is 1.21 bits per heavy atom. The molecule has 2 heterocycles. The van der Waals surface area contributed by atoms with E-state index in [9.17, 15) is 4.79 Å². The fraction of sp³-hybridized carbons (Fsp3) is 0.158. The van der Waals surface area contributed by atoms with Gasteiger partial charge in [0.1, 0.15) is 11.0 Å². The quantitative estimate of drug-likeness (QED) is 0.402. The molecule has 0 unspecified atom stereocenters. The van der Waals surface area contributed by atoms with E-state index < -0.39 is 5.25 Å². The SMILES string of the molecule is CCOc1ccc2nc(NC(=O)[C@H](Sc3nnc(N)s3)c3ccccc3)sc2c1. The first-order chi connectivity index (χ1) is 14.1. The van der Waals surface area contributed by atoms with Gasteiger partial charge in [-0.25, -0.2) is 4.98 Å². The van der Waals surface area contributed by atoms with E-state index in [0.29, 0.717) is 21.2 Å². The third-order valence-electron chi connectivity index (χ3n) is 3.88. The molecule has 4 rings (SSSR count). The van der Waals surface area contributed by atoms with Crippen LogP contribution in [0.3, 0.4) is 0 Å². The zero-order valence-corrected chi connectivity index (χ0v) is 17.8. The van der Waals surface area contributed by atoms with Crippen molar-refractivity contribution in [3.63, 3.8) is 0 Å². The Kier molecular flexibility index (Phi) is 5.93. The molecule has 2 aromatic heterocycles. The Morgan fingerprint density at radius 2 is 2.03 bits per heavy atom. The topological polar surface area (TPSA) is 103 Å². The number of nitrogens with two attached hydrogens (primary N) is 1. The minimum Gasteiger partial charge on any atom is -0.494 e. The molecule has 0 saturated heterocycles. The van der Waals surface area contributed by atoms with Gasteiger partial charge in [0, 0.05) is 0 Å². The van der Waals surface area contributed by atoms with Gasteiger partial charge in [-0.3, -0.25) is 4.79 Å². The maximum Gasteiger partial charge on any atom is 0.244 e. The summed E-state index contributed by atoms with van der Waals surface area (Å²) in [6, 6.07) is 15.2. The average Bonchev–Trinajstić information content (AvgIpc) is 3.31. The first-order valence-electron chi connectivity index (χ1n) is 8.77. The molecule has 0 fully saturated rings. The molecule has 1 amide bonds. The van der Waals surface area contributed by atoms with Crippen molar-refractivity contribution < 1.29 is 9.53 Å². The van der Waals surface area contributed by atoms with Crippen molar-refractivity contribution in [3.8, 4) is 5.75 Å². The van der Waals surface area contributed by atoms with Gasteiger partial charge in [-0.1, -0.05) is 64.8 Å². The number of rotatable bonds is 7. The van der Waals surface area contributed by atoms with Crippen LogP contribution in [0.5, 0.6) is 5.75 Å². The first kappa shape index (κ1) is 19.6. The van der Waals surface area contributed by atoms with E-state index in [1.54, 1.807) is 0 Å². The zero-order valence-electron chi connectivity index (χ0n) is 15.4. The molecule has 7 nitrogen and oxygen atoms in total. The van der Waals surface area contributed by atoms with Crippen LogP contribution in [0.25, 0.3) is 10.2 Å². The van der Waals surface area contributed by atoms with Crippen molar-refractivity contribution in [1.82, 2.24) is 15.2 Å². The second-order valence-electron chi connectivity index (χ2n) is 5.89. The number of nitrogens with zero attached hydrogens (tertiary/aromatic N) is 3. The molecule has 0 radical (unpaired) electrons. The molecule has 2 aromatic carbocycles. The van der Waals surface area contributed by atoms with Crippen LogP contribution in [0.4, 0.5) is 10.3 Å². The summed E-state index contributed by atoms with van der Waals surface area (Å²) in [6.45, 7) is 2.54. The maximum atomic E-state index is 13.1. The number of aromatic nitrogens is 3. The van der Waals surface area contributed by atoms with Crippen molar-refractivity contribution in [1.29, 1.82) is 0 Å². The van der Waals surface area contributed by atoms with Gasteiger partial charge in [-0.15, -0.1) is 10.2 Å². The molecule has 0 bridgehead atoms. The van der Waals surface area contributed by atoms with Gasteiger partial charge in [-0.05, 0) is 30.7 Å². The number of hydrogen-bond acceptors (Lipinski definition) is 9. The van der Waals surface area contributed by atoms with Crippen LogP contribution in [0, 0.1) is 0 Å². The van der Waals surface area contributed by atoms with Gasteiger partial charge in [0.15, 0.2) is 9.47 Å². The summed E-state index contributed by atoms with van der Waals surface area (Å²) in [5.41, 5.74) is 7.36. The Labute approximate surface area is 179 Å². The fourth-order valence-corrected chi connectivity index (χ4v) is 5.38. The van der Waals surface area contributed by atoms with Gasteiger partial charge in [0.05, 0.1) is 16.8 Å². The molecule has 0 aliphatic rings. The molecule has 0 aliphatic heterocycles. The van der Waals surface area contributed by atoms with Crippen molar-refractivity contribution in [2.24, 2.45) is 0 Å². The van der Waals surface area contributed by atoms with Gasteiger partial charge in [0.25, 0.3) is 0 Å². The number of thioether (sulfide) groups is 1. The first-order valence-corrected chi connectivity index (χ1v) is 11.3. The summed E-state index contributed by atoms with van der Waals surface area (Å²) in [5, 5.41) is 11.2. The zero-order chi connectivity index (χ0) is 20.2. The highest BCUT2D eigenvalue weighted by molar-refractivity contribution is 8.02. The predicted octanol–water partition coefficient (Wildman–Crippen LogP) is 4.60. The molecule has 29 heavy (non-hydrogen) atoms. The predicted molar refractivity (Wildman–Crippen MR) is 119 cm³/mol. The third-order valence-corrected chi connectivity index (χ3v) is 6.91. The number of fused-ring (bicyclic) bond motifs is 1. The molecular formula is C19H17N5O2S3. The highest BCUT2D eigenvalue weighted by Crippen LogP contribution is 2.38. The number of nitrogen functional groups attached to an aromatic ring is 1. The molecule has 10 heteroatoms. The lowest BCUT2D eigenvalue weighted by molar-refractivity contribution is -0.115. The van der Waals surface area contributed by atoms with E-state index in [4.69, 9.17) is 10.5 Å². The average molecular weight is 444 g/mol. The van der Waals surface area contributed by atoms with Crippen LogP contribution in [-0.4, -0.2) is 27.7 Å². The molecule has 0 spiro atoms. The summed E-state index contributed by atoms with van der Waals surface area (Å²) in [4.78, 5) is 17.6. The minimum absolute atomic E-state index is 0.181. The second kappa shape index (κ2) is 8.76.